The molecule has 0 N–H and O–H groups in total. The van der Waals surface area contributed by atoms with Crippen LogP contribution in [0.2, 0.25) is 5.02 Å². The van der Waals surface area contributed by atoms with E-state index < -0.39 is 0 Å². The lowest BCUT2D eigenvalue weighted by atomic mass is 9.98. The van der Waals surface area contributed by atoms with Crippen LogP contribution in [0.1, 0.15) is 15.9 Å². The summed E-state index contributed by atoms with van der Waals surface area (Å²) in [6.45, 7) is 3.83. The molecule has 0 aromatic heterocycles. The molecule has 0 saturated carbocycles. The highest BCUT2D eigenvalue weighted by atomic mass is 35.5. The summed E-state index contributed by atoms with van der Waals surface area (Å²) in [4.78, 5) is 12.2. The molecule has 2 aromatic rings. The fourth-order valence-electron chi connectivity index (χ4n) is 1.58. The molecular weight excluding hydrogens is 315 g/mol. The molecule has 4 heteroatoms. The van der Waals surface area contributed by atoms with Gasteiger partial charge in [-0.05, 0) is 17.7 Å². The Labute approximate surface area is 133 Å². The third-order valence-corrected chi connectivity index (χ3v) is 2.84. The molecule has 0 bridgehead atoms. The number of Topliss-reactive ketones (excluding diaryl/α,β-unsaturated/α-hetero) is 1. The van der Waals surface area contributed by atoms with Gasteiger partial charge < -0.3 is 0 Å². The Morgan fingerprint density at radius 2 is 1.45 bits per heavy atom. The van der Waals surface area contributed by atoms with Crippen LogP contribution in [0.3, 0.4) is 0 Å². The van der Waals surface area contributed by atoms with Crippen LogP contribution in [-0.4, -0.2) is 11.1 Å². The van der Waals surface area contributed by atoms with Crippen molar-refractivity contribution in [2.24, 2.45) is 0 Å². The molecule has 0 atom stereocenters. The summed E-state index contributed by atoms with van der Waals surface area (Å²) in [6.07, 6.45) is 0. The molecule has 2 aromatic carbocycles. The maximum atomic E-state index is 12.2. The van der Waals surface area contributed by atoms with Crippen molar-refractivity contribution in [3.05, 3.63) is 77.3 Å². The van der Waals surface area contributed by atoms with Crippen molar-refractivity contribution in [3.63, 3.8) is 0 Å². The van der Waals surface area contributed by atoms with Crippen LogP contribution in [0, 0.1) is 0 Å². The molecule has 0 aliphatic carbocycles. The molecule has 0 aliphatic rings. The van der Waals surface area contributed by atoms with Gasteiger partial charge in [-0.3, -0.25) is 4.79 Å². The molecule has 0 aliphatic heterocycles. The first-order valence-corrected chi connectivity index (χ1v) is 7.22. The lowest BCUT2D eigenvalue weighted by Crippen LogP contribution is -2.02. The first-order valence-electron chi connectivity index (χ1n) is 5.77. The summed E-state index contributed by atoms with van der Waals surface area (Å²) in [5, 5.41) is 0.648. The summed E-state index contributed by atoms with van der Waals surface area (Å²) < 4.78 is 0. The van der Waals surface area contributed by atoms with Crippen LogP contribution in [0.15, 0.2) is 61.2 Å². The Bertz CT molecular complexity index is 579. The molecule has 0 heterocycles. The van der Waals surface area contributed by atoms with E-state index >= 15 is 0 Å². The zero-order valence-electron chi connectivity index (χ0n) is 10.7. The van der Waals surface area contributed by atoms with E-state index in [-0.39, 0.29) is 11.1 Å². The van der Waals surface area contributed by atoms with Crippen LogP contribution in [-0.2, 0) is 0 Å². The predicted octanol–water partition coefficient (Wildman–Crippen LogP) is 5.66. The molecule has 0 fully saturated rings. The molecule has 104 valence electrons. The molecule has 0 spiro atoms. The zero-order valence-corrected chi connectivity index (χ0v) is 12.9. The van der Waals surface area contributed by atoms with Crippen LogP contribution in [0.5, 0.6) is 0 Å². The second-order valence-corrected chi connectivity index (χ2v) is 4.97. The first-order chi connectivity index (χ1) is 9.61. The Kier molecular flexibility index (Phi) is 7.38. The number of halogens is 3. The highest BCUT2D eigenvalue weighted by Crippen LogP contribution is 2.22. The van der Waals surface area contributed by atoms with Crippen molar-refractivity contribution in [2.75, 3.05) is 5.34 Å². The van der Waals surface area contributed by atoms with Gasteiger partial charge in [-0.1, -0.05) is 60.6 Å². The van der Waals surface area contributed by atoms with Gasteiger partial charge in [0, 0.05) is 11.1 Å². The quantitative estimate of drug-likeness (QED) is 0.404. The van der Waals surface area contributed by atoms with E-state index in [0.29, 0.717) is 16.2 Å². The second kappa shape index (κ2) is 8.80. The number of benzene rings is 2. The number of alkyl halides is 2. The minimum atomic E-state index is -0.137. The Balaban J connectivity index is 0.000000612. The van der Waals surface area contributed by atoms with Gasteiger partial charge in [-0.2, -0.15) is 0 Å². The van der Waals surface area contributed by atoms with E-state index in [1.807, 2.05) is 30.3 Å². The van der Waals surface area contributed by atoms with Gasteiger partial charge in [-0.25, -0.2) is 0 Å². The predicted molar refractivity (Wildman–Crippen MR) is 87.8 cm³/mol. The van der Waals surface area contributed by atoms with E-state index in [1.165, 1.54) is 0 Å². The monoisotopic (exact) mass is 326 g/mol. The molecule has 0 saturated heterocycles. The molecule has 0 radical (unpaired) electrons. The van der Waals surface area contributed by atoms with Crippen LogP contribution in [0.4, 0.5) is 0 Å². The van der Waals surface area contributed by atoms with E-state index in [1.54, 1.807) is 24.3 Å². The van der Waals surface area contributed by atoms with Crippen LogP contribution in [0.25, 0.3) is 5.57 Å². The first kappa shape index (κ1) is 16.8. The number of rotatable bonds is 3. The topological polar surface area (TPSA) is 17.1 Å². The fourth-order valence-corrected chi connectivity index (χ4v) is 1.80. The number of carbonyl (C=O) groups excluding carboxylic acids is 1. The van der Waals surface area contributed by atoms with Crippen molar-refractivity contribution in [1.82, 2.24) is 0 Å². The Morgan fingerprint density at radius 3 is 2.00 bits per heavy atom. The lowest BCUT2D eigenvalue weighted by Gasteiger charge is -2.06. The average Bonchev–Trinajstić information content (AvgIpc) is 2.48. The third-order valence-electron chi connectivity index (χ3n) is 2.51. The molecule has 2 rings (SSSR count). The van der Waals surface area contributed by atoms with E-state index in [4.69, 9.17) is 34.8 Å². The molecule has 20 heavy (non-hydrogen) atoms. The highest BCUT2D eigenvalue weighted by molar-refractivity contribution is 6.40. The fraction of sp³-hybridized carbons (Fsp3) is 0.0625. The number of ketones is 1. The molecule has 0 unspecified atom stereocenters. The number of hydrogen-bond donors (Lipinski definition) is 0. The number of carbonyl (C=O) groups is 1. The second-order valence-electron chi connectivity index (χ2n) is 3.75. The van der Waals surface area contributed by atoms with Gasteiger partial charge in [-0.15, -0.1) is 23.2 Å². The normalized spacial score (nSPS) is 9.35. The summed E-state index contributed by atoms with van der Waals surface area (Å²) in [5.74, 6) is -0.137. The minimum Gasteiger partial charge on any atom is -0.289 e. The van der Waals surface area contributed by atoms with Gasteiger partial charge >= 0.3 is 0 Å². The van der Waals surface area contributed by atoms with Crippen molar-refractivity contribution in [3.8, 4) is 0 Å². The Hall–Kier alpha value is -1.28. The van der Waals surface area contributed by atoms with Crippen molar-refractivity contribution >= 4 is 46.2 Å². The third kappa shape index (κ3) is 4.68. The van der Waals surface area contributed by atoms with Crippen LogP contribution < -0.4 is 0 Å². The summed E-state index contributed by atoms with van der Waals surface area (Å²) >= 11 is 15.5. The van der Waals surface area contributed by atoms with Crippen molar-refractivity contribution in [1.29, 1.82) is 0 Å². The highest BCUT2D eigenvalue weighted by Gasteiger charge is 2.14. The zero-order chi connectivity index (χ0) is 15.0. The average molecular weight is 328 g/mol. The van der Waals surface area contributed by atoms with Gasteiger partial charge in [0.15, 0.2) is 5.78 Å². The minimum absolute atomic E-state index is 0.137. The van der Waals surface area contributed by atoms with E-state index in [2.05, 4.69) is 6.58 Å². The van der Waals surface area contributed by atoms with Gasteiger partial charge in [0.25, 0.3) is 0 Å². The van der Waals surface area contributed by atoms with Gasteiger partial charge in [0.05, 0.1) is 10.4 Å². The standard InChI is InChI=1S/C15H11ClO.CH2Cl2/c1-11(12-7-3-2-4-8-12)15(17)13-9-5-6-10-14(13)16;2-1-3/h2-10H,1H2;1H2. The number of hydrogen-bond acceptors (Lipinski definition) is 1. The molecular formula is C16H13Cl3O. The smallest absolute Gasteiger partial charge is 0.194 e. The summed E-state index contributed by atoms with van der Waals surface area (Å²) in [6, 6.07) is 16.4. The maximum absolute atomic E-state index is 12.2. The SMILES string of the molecule is C=C(C(=O)c1ccccc1Cl)c1ccccc1.ClCCl. The van der Waals surface area contributed by atoms with Crippen LogP contribution >= 0.6 is 34.8 Å². The van der Waals surface area contributed by atoms with E-state index in [9.17, 15) is 4.79 Å². The molecule has 1 nitrogen and oxygen atoms in total. The van der Waals surface area contributed by atoms with E-state index in [0.717, 1.165) is 5.56 Å². The van der Waals surface area contributed by atoms with Crippen molar-refractivity contribution in [2.45, 2.75) is 0 Å². The van der Waals surface area contributed by atoms with Gasteiger partial charge in [0.1, 0.15) is 0 Å². The van der Waals surface area contributed by atoms with Crippen molar-refractivity contribution < 1.29 is 4.79 Å². The number of allylic oxidation sites excluding steroid dienone is 1. The Morgan fingerprint density at radius 1 is 0.950 bits per heavy atom. The largest absolute Gasteiger partial charge is 0.289 e. The molecule has 0 amide bonds. The summed E-state index contributed by atoms with van der Waals surface area (Å²) in [7, 11) is 0. The maximum Gasteiger partial charge on any atom is 0.194 e. The lowest BCUT2D eigenvalue weighted by molar-refractivity contribution is 0.105. The van der Waals surface area contributed by atoms with Gasteiger partial charge in [0.2, 0.25) is 0 Å². The summed E-state index contributed by atoms with van der Waals surface area (Å²) in [5.41, 5.74) is 1.76.